The molecule has 0 saturated heterocycles. The van der Waals surface area contributed by atoms with Gasteiger partial charge in [-0.15, -0.1) is 0 Å². The number of hydrogen-bond acceptors (Lipinski definition) is 3. The van der Waals surface area contributed by atoms with Crippen LogP contribution in [0.5, 0.6) is 0 Å². The summed E-state index contributed by atoms with van der Waals surface area (Å²) in [5.74, 6) is 0.481. The summed E-state index contributed by atoms with van der Waals surface area (Å²) in [5, 5.41) is 2.82. The highest BCUT2D eigenvalue weighted by molar-refractivity contribution is 7.92. The molecule has 0 aliphatic rings. The Kier molecular flexibility index (Phi) is 6.69. The Balaban J connectivity index is 3.04. The molecule has 114 valence electrons. The third-order valence-corrected chi connectivity index (χ3v) is 6.48. The third kappa shape index (κ3) is 4.32. The summed E-state index contributed by atoms with van der Waals surface area (Å²) in [5.41, 5.74) is 1.04. The van der Waals surface area contributed by atoms with Gasteiger partial charge in [-0.25, -0.2) is 8.42 Å². The van der Waals surface area contributed by atoms with E-state index in [1.807, 2.05) is 58.2 Å². The van der Waals surface area contributed by atoms with Gasteiger partial charge in [0.2, 0.25) is 0 Å². The Bertz CT molecular complexity index is 484. The number of sulfone groups is 1. The van der Waals surface area contributed by atoms with Gasteiger partial charge in [0.15, 0.2) is 9.84 Å². The van der Waals surface area contributed by atoms with Crippen LogP contribution in [0.3, 0.4) is 0 Å². The van der Waals surface area contributed by atoms with Crippen LogP contribution in [0.2, 0.25) is 0 Å². The van der Waals surface area contributed by atoms with E-state index in [1.54, 1.807) is 0 Å². The molecule has 20 heavy (non-hydrogen) atoms. The van der Waals surface area contributed by atoms with Gasteiger partial charge in [0, 0.05) is 6.04 Å². The molecule has 1 aromatic carbocycles. The highest BCUT2D eigenvalue weighted by Gasteiger charge is 2.32. The fourth-order valence-electron chi connectivity index (χ4n) is 2.56. The molecule has 3 nitrogen and oxygen atoms in total. The largest absolute Gasteiger partial charge is 0.312 e. The molecule has 3 unspecified atom stereocenters. The van der Waals surface area contributed by atoms with Crippen LogP contribution in [0.25, 0.3) is 0 Å². The minimum absolute atomic E-state index is 0.143. The smallest absolute Gasteiger partial charge is 0.155 e. The van der Waals surface area contributed by atoms with Crippen molar-refractivity contribution in [3.8, 4) is 0 Å². The van der Waals surface area contributed by atoms with Gasteiger partial charge in [-0.05, 0) is 24.9 Å². The predicted octanol–water partition coefficient (Wildman–Crippen LogP) is 3.19. The van der Waals surface area contributed by atoms with Crippen LogP contribution in [0.15, 0.2) is 30.3 Å². The van der Waals surface area contributed by atoms with E-state index in [0.29, 0.717) is 6.42 Å². The second-order valence-corrected chi connectivity index (χ2v) is 7.73. The summed E-state index contributed by atoms with van der Waals surface area (Å²) in [7, 11) is -1.27. The summed E-state index contributed by atoms with van der Waals surface area (Å²) in [6, 6.07) is 9.69. The fourth-order valence-corrected chi connectivity index (χ4v) is 5.05. The molecular weight excluding hydrogens is 270 g/mol. The van der Waals surface area contributed by atoms with Crippen LogP contribution < -0.4 is 5.32 Å². The average Bonchev–Trinajstić information content (AvgIpc) is 2.44. The van der Waals surface area contributed by atoms with Crippen molar-refractivity contribution >= 4 is 9.84 Å². The monoisotopic (exact) mass is 297 g/mol. The first-order valence-corrected chi connectivity index (χ1v) is 9.11. The van der Waals surface area contributed by atoms with Crippen molar-refractivity contribution < 1.29 is 8.42 Å². The molecule has 1 aromatic rings. The highest BCUT2D eigenvalue weighted by Crippen LogP contribution is 2.26. The summed E-state index contributed by atoms with van der Waals surface area (Å²) >= 11 is 0. The number of rotatable bonds is 8. The average molecular weight is 297 g/mol. The van der Waals surface area contributed by atoms with Crippen LogP contribution in [-0.2, 0) is 9.84 Å². The van der Waals surface area contributed by atoms with E-state index >= 15 is 0 Å². The number of hydrogen-bond donors (Lipinski definition) is 1. The first-order chi connectivity index (χ1) is 9.46. The minimum atomic E-state index is -3.11. The van der Waals surface area contributed by atoms with Crippen molar-refractivity contribution in [3.63, 3.8) is 0 Å². The Hall–Kier alpha value is -0.870. The normalized spacial score (nSPS) is 16.6. The molecule has 4 heteroatoms. The lowest BCUT2D eigenvalue weighted by atomic mass is 10.0. The van der Waals surface area contributed by atoms with Gasteiger partial charge in [-0.1, -0.05) is 57.5 Å². The molecule has 0 aliphatic carbocycles. The van der Waals surface area contributed by atoms with Crippen molar-refractivity contribution in [1.29, 1.82) is 0 Å². The maximum Gasteiger partial charge on any atom is 0.155 e. The molecule has 0 aromatic heterocycles. The molecule has 3 atom stereocenters. The quantitative estimate of drug-likeness (QED) is 0.801. The van der Waals surface area contributed by atoms with E-state index in [1.165, 1.54) is 0 Å². The zero-order valence-electron chi connectivity index (χ0n) is 13.0. The molecule has 1 N–H and O–H groups in total. The number of nitrogens with one attached hydrogen (secondary N) is 1. The van der Waals surface area contributed by atoms with E-state index in [4.69, 9.17) is 0 Å². The van der Waals surface area contributed by atoms with Gasteiger partial charge in [0.05, 0.1) is 11.0 Å². The minimum Gasteiger partial charge on any atom is -0.312 e. The van der Waals surface area contributed by atoms with E-state index in [9.17, 15) is 8.42 Å². The standard InChI is InChI=1S/C16H27NO2S/c1-5-13(3)12-20(18,19)15(6-2)16(17-4)14-10-8-7-9-11-14/h7-11,13,15-17H,5-6,12H2,1-4H3. The molecular formula is C16H27NO2S. The molecule has 0 radical (unpaired) electrons. The molecule has 0 aliphatic heterocycles. The summed E-state index contributed by atoms with van der Waals surface area (Å²) < 4.78 is 25.3. The van der Waals surface area contributed by atoms with Gasteiger partial charge in [-0.3, -0.25) is 0 Å². The van der Waals surface area contributed by atoms with Gasteiger partial charge in [0.1, 0.15) is 0 Å². The van der Waals surface area contributed by atoms with Crippen molar-refractivity contribution in [1.82, 2.24) is 5.32 Å². The SMILES string of the molecule is CCC(C)CS(=O)(=O)C(CC)C(NC)c1ccccc1. The van der Waals surface area contributed by atoms with E-state index in [-0.39, 0.29) is 23.0 Å². The van der Waals surface area contributed by atoms with E-state index in [2.05, 4.69) is 5.32 Å². The molecule has 0 amide bonds. The Morgan fingerprint density at radius 3 is 2.15 bits per heavy atom. The zero-order chi connectivity index (χ0) is 15.2. The van der Waals surface area contributed by atoms with Crippen molar-refractivity contribution in [2.45, 2.75) is 44.9 Å². The molecule has 0 saturated carbocycles. The van der Waals surface area contributed by atoms with Crippen LogP contribution in [0.1, 0.15) is 45.2 Å². The van der Waals surface area contributed by atoms with Crippen LogP contribution >= 0.6 is 0 Å². The Labute approximate surface area is 123 Å². The first-order valence-electron chi connectivity index (χ1n) is 7.40. The molecule has 0 heterocycles. The topological polar surface area (TPSA) is 46.2 Å². The summed E-state index contributed by atoms with van der Waals surface area (Å²) in [4.78, 5) is 0. The second kappa shape index (κ2) is 7.79. The zero-order valence-corrected chi connectivity index (χ0v) is 13.8. The van der Waals surface area contributed by atoms with Crippen molar-refractivity contribution in [2.75, 3.05) is 12.8 Å². The molecule has 1 rings (SSSR count). The van der Waals surface area contributed by atoms with Gasteiger partial charge in [-0.2, -0.15) is 0 Å². The van der Waals surface area contributed by atoms with Crippen LogP contribution in [0.4, 0.5) is 0 Å². The number of benzene rings is 1. The predicted molar refractivity (Wildman–Crippen MR) is 85.6 cm³/mol. The lowest BCUT2D eigenvalue weighted by Crippen LogP contribution is -2.37. The van der Waals surface area contributed by atoms with Crippen molar-refractivity contribution in [2.24, 2.45) is 5.92 Å². The summed E-state index contributed by atoms with van der Waals surface area (Å²) in [6.07, 6.45) is 1.52. The van der Waals surface area contributed by atoms with Crippen LogP contribution in [0, 0.1) is 5.92 Å². The lowest BCUT2D eigenvalue weighted by Gasteiger charge is -2.27. The van der Waals surface area contributed by atoms with Crippen LogP contribution in [-0.4, -0.2) is 26.5 Å². The molecule has 0 fully saturated rings. The fraction of sp³-hybridized carbons (Fsp3) is 0.625. The van der Waals surface area contributed by atoms with Crippen molar-refractivity contribution in [3.05, 3.63) is 35.9 Å². The second-order valence-electron chi connectivity index (χ2n) is 5.47. The molecule has 0 spiro atoms. The Morgan fingerprint density at radius 1 is 1.10 bits per heavy atom. The summed E-state index contributed by atoms with van der Waals surface area (Å²) in [6.45, 7) is 5.99. The first kappa shape index (κ1) is 17.2. The molecule has 0 bridgehead atoms. The van der Waals surface area contributed by atoms with Gasteiger partial charge in [0.25, 0.3) is 0 Å². The lowest BCUT2D eigenvalue weighted by molar-refractivity contribution is 0.496. The highest BCUT2D eigenvalue weighted by atomic mass is 32.2. The maximum atomic E-state index is 12.7. The van der Waals surface area contributed by atoms with Gasteiger partial charge >= 0.3 is 0 Å². The van der Waals surface area contributed by atoms with Gasteiger partial charge < -0.3 is 5.32 Å². The Morgan fingerprint density at radius 2 is 1.70 bits per heavy atom. The van der Waals surface area contributed by atoms with E-state index < -0.39 is 9.84 Å². The third-order valence-electron chi connectivity index (χ3n) is 3.92. The van der Waals surface area contributed by atoms with E-state index in [0.717, 1.165) is 12.0 Å². The maximum absolute atomic E-state index is 12.7.